The van der Waals surface area contributed by atoms with Gasteiger partial charge in [-0.15, -0.1) is 0 Å². The number of allylic oxidation sites excluding steroid dienone is 2. The summed E-state index contributed by atoms with van der Waals surface area (Å²) in [4.78, 5) is 0. The van der Waals surface area contributed by atoms with E-state index in [9.17, 15) is 5.11 Å². The molecule has 2 nitrogen and oxygen atoms in total. The lowest BCUT2D eigenvalue weighted by Crippen LogP contribution is -2.21. The van der Waals surface area contributed by atoms with Gasteiger partial charge in [0.05, 0.1) is 12.7 Å². The second-order valence-electron chi connectivity index (χ2n) is 2.97. The van der Waals surface area contributed by atoms with Crippen LogP contribution in [0.4, 0.5) is 0 Å². The molecule has 0 fully saturated rings. The zero-order valence-electron chi connectivity index (χ0n) is 6.42. The van der Waals surface area contributed by atoms with Gasteiger partial charge in [-0.05, 0) is 6.42 Å². The Labute approximate surface area is 66.2 Å². The van der Waals surface area contributed by atoms with Crippen LogP contribution in [0.2, 0.25) is 0 Å². The molecule has 2 aliphatic rings. The standard InChI is InChI=1S/C9H12O2/c10-8-5-6-11-9-4-2-1-3-7(8)9/h1,3,8,10H,2,4-6H2/t8-/m0/s1. The summed E-state index contributed by atoms with van der Waals surface area (Å²) in [6.07, 6.45) is 6.55. The zero-order valence-corrected chi connectivity index (χ0v) is 6.42. The van der Waals surface area contributed by atoms with E-state index >= 15 is 0 Å². The molecule has 2 rings (SSSR count). The van der Waals surface area contributed by atoms with E-state index in [-0.39, 0.29) is 6.10 Å². The summed E-state index contributed by atoms with van der Waals surface area (Å²) >= 11 is 0. The number of ether oxygens (including phenoxy) is 1. The van der Waals surface area contributed by atoms with E-state index in [0.717, 1.165) is 30.6 Å². The number of aliphatic hydroxyl groups is 1. The van der Waals surface area contributed by atoms with E-state index in [4.69, 9.17) is 4.74 Å². The molecule has 0 bridgehead atoms. The summed E-state index contributed by atoms with van der Waals surface area (Å²) in [5.74, 6) is 1.01. The van der Waals surface area contributed by atoms with Gasteiger partial charge in [0.1, 0.15) is 5.76 Å². The maximum absolute atomic E-state index is 9.52. The zero-order chi connectivity index (χ0) is 7.68. The molecule has 1 heterocycles. The molecule has 0 spiro atoms. The third kappa shape index (κ3) is 1.18. The largest absolute Gasteiger partial charge is 0.497 e. The summed E-state index contributed by atoms with van der Waals surface area (Å²) < 4.78 is 5.42. The smallest absolute Gasteiger partial charge is 0.102 e. The normalized spacial score (nSPS) is 29.7. The first-order chi connectivity index (χ1) is 5.38. The number of rotatable bonds is 0. The predicted molar refractivity (Wildman–Crippen MR) is 42.0 cm³/mol. The van der Waals surface area contributed by atoms with Gasteiger partial charge in [-0.1, -0.05) is 12.2 Å². The molecular formula is C9H12O2. The molecule has 0 aromatic carbocycles. The molecular weight excluding hydrogens is 140 g/mol. The highest BCUT2D eigenvalue weighted by molar-refractivity contribution is 5.30. The Bertz CT molecular complexity index is 216. The third-order valence-corrected chi connectivity index (χ3v) is 2.18. The van der Waals surface area contributed by atoms with Crippen LogP contribution in [-0.4, -0.2) is 17.8 Å². The molecule has 11 heavy (non-hydrogen) atoms. The molecule has 1 aliphatic carbocycles. The highest BCUT2D eigenvalue weighted by Gasteiger charge is 2.21. The van der Waals surface area contributed by atoms with Gasteiger partial charge in [-0.25, -0.2) is 0 Å². The van der Waals surface area contributed by atoms with Crippen LogP contribution < -0.4 is 0 Å². The van der Waals surface area contributed by atoms with Crippen LogP contribution in [0.15, 0.2) is 23.5 Å². The van der Waals surface area contributed by atoms with Crippen molar-refractivity contribution in [2.45, 2.75) is 25.4 Å². The van der Waals surface area contributed by atoms with E-state index in [1.165, 1.54) is 0 Å². The Balaban J connectivity index is 2.28. The van der Waals surface area contributed by atoms with E-state index in [1.54, 1.807) is 0 Å². The fourth-order valence-electron chi connectivity index (χ4n) is 1.56. The van der Waals surface area contributed by atoms with E-state index in [1.807, 2.05) is 6.08 Å². The summed E-state index contributed by atoms with van der Waals surface area (Å²) in [5, 5.41) is 9.52. The first-order valence-electron chi connectivity index (χ1n) is 4.08. The van der Waals surface area contributed by atoms with Crippen molar-refractivity contribution in [1.29, 1.82) is 0 Å². The van der Waals surface area contributed by atoms with Crippen molar-refractivity contribution in [2.75, 3.05) is 6.61 Å². The van der Waals surface area contributed by atoms with Crippen LogP contribution >= 0.6 is 0 Å². The molecule has 0 radical (unpaired) electrons. The van der Waals surface area contributed by atoms with Gasteiger partial charge in [0.25, 0.3) is 0 Å². The van der Waals surface area contributed by atoms with Crippen LogP contribution in [0.1, 0.15) is 19.3 Å². The average Bonchev–Trinajstić information content (AvgIpc) is 2.06. The molecule has 1 atom stereocenters. The summed E-state index contributed by atoms with van der Waals surface area (Å²) in [7, 11) is 0. The van der Waals surface area contributed by atoms with Crippen molar-refractivity contribution in [1.82, 2.24) is 0 Å². The number of hydrogen-bond acceptors (Lipinski definition) is 2. The van der Waals surface area contributed by atoms with Crippen molar-refractivity contribution < 1.29 is 9.84 Å². The number of aliphatic hydroxyl groups excluding tert-OH is 1. The fraction of sp³-hybridized carbons (Fsp3) is 0.556. The van der Waals surface area contributed by atoms with E-state index < -0.39 is 0 Å². The van der Waals surface area contributed by atoms with Gasteiger partial charge in [0, 0.05) is 18.4 Å². The molecule has 0 amide bonds. The van der Waals surface area contributed by atoms with Gasteiger partial charge in [-0.3, -0.25) is 0 Å². The first kappa shape index (κ1) is 6.92. The first-order valence-corrected chi connectivity index (χ1v) is 4.08. The molecule has 0 aromatic heterocycles. The van der Waals surface area contributed by atoms with Crippen LogP contribution in [0, 0.1) is 0 Å². The Morgan fingerprint density at radius 1 is 1.55 bits per heavy atom. The van der Waals surface area contributed by atoms with Crippen molar-refractivity contribution in [3.05, 3.63) is 23.5 Å². The van der Waals surface area contributed by atoms with Crippen molar-refractivity contribution in [3.63, 3.8) is 0 Å². The molecule has 2 heteroatoms. The van der Waals surface area contributed by atoms with Crippen molar-refractivity contribution >= 4 is 0 Å². The lowest BCUT2D eigenvalue weighted by Gasteiger charge is -2.25. The van der Waals surface area contributed by atoms with Gasteiger partial charge in [0.15, 0.2) is 0 Å². The molecule has 0 aromatic rings. The fourth-order valence-corrected chi connectivity index (χ4v) is 1.56. The molecule has 0 saturated heterocycles. The summed E-state index contributed by atoms with van der Waals surface area (Å²) in [6, 6.07) is 0. The minimum absolute atomic E-state index is 0.282. The Morgan fingerprint density at radius 2 is 2.45 bits per heavy atom. The molecule has 1 N–H and O–H groups in total. The third-order valence-electron chi connectivity index (χ3n) is 2.18. The topological polar surface area (TPSA) is 29.5 Å². The Morgan fingerprint density at radius 3 is 3.27 bits per heavy atom. The number of hydrogen-bond donors (Lipinski definition) is 1. The van der Waals surface area contributed by atoms with Gasteiger partial charge in [0.2, 0.25) is 0 Å². The van der Waals surface area contributed by atoms with E-state index in [2.05, 4.69) is 6.08 Å². The Hall–Kier alpha value is -0.760. The van der Waals surface area contributed by atoms with Crippen LogP contribution in [-0.2, 0) is 4.74 Å². The minimum Gasteiger partial charge on any atom is -0.497 e. The summed E-state index contributed by atoms with van der Waals surface area (Å²) in [5.41, 5.74) is 1.00. The predicted octanol–water partition coefficient (Wildman–Crippen LogP) is 1.37. The SMILES string of the molecule is O[C@H]1CCOC2=C1C=CCC2. The molecule has 60 valence electrons. The lowest BCUT2D eigenvalue weighted by atomic mass is 9.97. The second kappa shape index (κ2) is 2.70. The monoisotopic (exact) mass is 152 g/mol. The van der Waals surface area contributed by atoms with Gasteiger partial charge in [-0.2, -0.15) is 0 Å². The van der Waals surface area contributed by atoms with Gasteiger partial charge < -0.3 is 9.84 Å². The summed E-state index contributed by atoms with van der Waals surface area (Å²) in [6.45, 7) is 0.674. The molecule has 0 saturated carbocycles. The van der Waals surface area contributed by atoms with Crippen molar-refractivity contribution in [2.24, 2.45) is 0 Å². The quantitative estimate of drug-likeness (QED) is 0.568. The average molecular weight is 152 g/mol. The van der Waals surface area contributed by atoms with Crippen LogP contribution in [0.3, 0.4) is 0 Å². The van der Waals surface area contributed by atoms with Crippen LogP contribution in [0.5, 0.6) is 0 Å². The Kier molecular flexibility index (Phi) is 1.70. The molecule has 1 aliphatic heterocycles. The molecule has 0 unspecified atom stereocenters. The highest BCUT2D eigenvalue weighted by Crippen LogP contribution is 2.27. The van der Waals surface area contributed by atoms with Gasteiger partial charge >= 0.3 is 0 Å². The lowest BCUT2D eigenvalue weighted by molar-refractivity contribution is 0.0989. The second-order valence-corrected chi connectivity index (χ2v) is 2.97. The maximum Gasteiger partial charge on any atom is 0.102 e. The van der Waals surface area contributed by atoms with Crippen LogP contribution in [0.25, 0.3) is 0 Å². The minimum atomic E-state index is -0.282. The highest BCUT2D eigenvalue weighted by atomic mass is 16.5. The van der Waals surface area contributed by atoms with E-state index in [0.29, 0.717) is 6.61 Å². The van der Waals surface area contributed by atoms with Crippen molar-refractivity contribution in [3.8, 4) is 0 Å². The maximum atomic E-state index is 9.52.